The average molecular weight is 271 g/mol. The van der Waals surface area contributed by atoms with Crippen molar-refractivity contribution in [3.05, 3.63) is 0 Å². The van der Waals surface area contributed by atoms with E-state index in [4.69, 9.17) is 33.8 Å². The molecule has 0 rings (SSSR count). The Morgan fingerprint density at radius 1 is 0.818 bits per heavy atom. The molecule has 0 fully saturated rings. The molecule has 0 amide bonds. The third-order valence-electron chi connectivity index (χ3n) is 0. The molecule has 9 nitrogen and oxygen atoms in total. The molecular formula is H2NbO9S. The van der Waals surface area contributed by atoms with E-state index in [2.05, 4.69) is 0 Å². The fourth-order valence-corrected chi connectivity index (χ4v) is 0. The van der Waals surface area contributed by atoms with Gasteiger partial charge in [-0.05, 0) is 0 Å². The maximum absolute atomic E-state index is 8.74. The molecule has 2 N–H and O–H groups in total. The van der Waals surface area contributed by atoms with Crippen LogP contribution in [0.4, 0.5) is 0 Å². The minimum atomic E-state index is -7.94. The third-order valence-corrected chi connectivity index (χ3v) is 0. The topological polar surface area (TPSA) is 160 Å². The van der Waals surface area contributed by atoms with E-state index in [-0.39, 0.29) is 0 Å². The van der Waals surface area contributed by atoms with Crippen LogP contribution in [0.15, 0.2) is 0 Å². The van der Waals surface area contributed by atoms with Gasteiger partial charge >= 0.3 is 42.3 Å². The molecule has 0 aliphatic rings. The second-order valence-corrected chi connectivity index (χ2v) is 5.75. The van der Waals surface area contributed by atoms with Crippen LogP contribution in [0.2, 0.25) is 0 Å². The van der Waals surface area contributed by atoms with Gasteiger partial charge in [0.2, 0.25) is 0 Å². The van der Waals surface area contributed by atoms with E-state index >= 15 is 0 Å². The summed E-state index contributed by atoms with van der Waals surface area (Å²) < 4.78 is 74.9. The van der Waals surface area contributed by atoms with E-state index in [1.165, 1.54) is 0 Å². The quantitative estimate of drug-likeness (QED) is 0.405. The molecule has 0 atom stereocenters. The molecule has 0 aromatic carbocycles. The molecular weight excluding hydrogens is 269 g/mol. The SMILES string of the molecule is O=S(=O)(O)O.[O]=[Nb](=[O])(=[O])(=[O])=[O]. The molecule has 0 saturated heterocycles. The molecule has 0 saturated carbocycles. The average Bonchev–Trinajstić information content (AvgIpc) is 1.07. The summed E-state index contributed by atoms with van der Waals surface area (Å²) in [5, 5.41) is 0. The first-order valence-electron chi connectivity index (χ1n) is 1.61. The van der Waals surface area contributed by atoms with Gasteiger partial charge in [-0.25, -0.2) is 0 Å². The monoisotopic (exact) mass is 271 g/mol. The van der Waals surface area contributed by atoms with Crippen molar-refractivity contribution in [2.75, 3.05) is 0 Å². The minimum absolute atomic E-state index is 4.67. The van der Waals surface area contributed by atoms with E-state index in [1.807, 2.05) is 0 Å². The molecule has 0 aromatic heterocycles. The molecule has 0 spiro atoms. The summed E-state index contributed by atoms with van der Waals surface area (Å²) in [6.07, 6.45) is 0. The Bertz CT molecular complexity index is 460. The fraction of sp³-hybridized carbons (Fsp3) is 0. The van der Waals surface area contributed by atoms with Crippen molar-refractivity contribution in [2.24, 2.45) is 0 Å². The van der Waals surface area contributed by atoms with Crippen LogP contribution in [0.3, 0.4) is 0 Å². The van der Waals surface area contributed by atoms with Gasteiger partial charge in [0.1, 0.15) is 0 Å². The molecule has 0 aromatic rings. The first-order chi connectivity index (χ1) is 4.24. The molecule has 0 unspecified atom stereocenters. The van der Waals surface area contributed by atoms with E-state index in [0.29, 0.717) is 0 Å². The maximum atomic E-state index is 8.74. The zero-order valence-corrected chi connectivity index (χ0v) is 7.62. The van der Waals surface area contributed by atoms with Crippen LogP contribution in [0.1, 0.15) is 0 Å². The Morgan fingerprint density at radius 3 is 0.818 bits per heavy atom. The van der Waals surface area contributed by atoms with Crippen molar-refractivity contribution in [3.8, 4) is 0 Å². The first kappa shape index (κ1) is 13.2. The fourth-order valence-electron chi connectivity index (χ4n) is 0. The van der Waals surface area contributed by atoms with Crippen molar-refractivity contribution in [2.45, 2.75) is 0 Å². The Morgan fingerprint density at radius 2 is 0.818 bits per heavy atom. The van der Waals surface area contributed by atoms with Gasteiger partial charge in [0.15, 0.2) is 0 Å². The second kappa shape index (κ2) is 2.92. The van der Waals surface area contributed by atoms with E-state index in [1.54, 1.807) is 0 Å². The van der Waals surface area contributed by atoms with Gasteiger partial charge in [0.05, 0.1) is 0 Å². The Balaban J connectivity index is 0. The van der Waals surface area contributed by atoms with Crippen LogP contribution in [-0.2, 0) is 42.3 Å². The van der Waals surface area contributed by atoms with E-state index in [0.717, 1.165) is 0 Å². The van der Waals surface area contributed by atoms with Crippen molar-refractivity contribution in [3.63, 3.8) is 0 Å². The zero-order chi connectivity index (χ0) is 9.95. The summed E-state index contributed by atoms with van der Waals surface area (Å²) >= 11 is -7.94. The molecule has 0 radical (unpaired) electrons. The normalized spacial score (nSPS) is 10.7. The Hall–Kier alpha value is -0.390. The molecule has 0 heterocycles. The molecule has 11 heavy (non-hydrogen) atoms. The van der Waals surface area contributed by atoms with Crippen LogP contribution in [0.25, 0.3) is 0 Å². The third kappa shape index (κ3) is 3660. The summed E-state index contributed by atoms with van der Waals surface area (Å²) in [6, 6.07) is 0. The number of rotatable bonds is 0. The molecule has 67 valence electrons. The summed E-state index contributed by atoms with van der Waals surface area (Å²) in [5.74, 6) is 0. The van der Waals surface area contributed by atoms with E-state index in [9.17, 15) is 0 Å². The van der Waals surface area contributed by atoms with Gasteiger partial charge < -0.3 is 0 Å². The predicted octanol–water partition coefficient (Wildman–Crippen LogP) is -1.25. The van der Waals surface area contributed by atoms with Crippen LogP contribution >= 0.6 is 0 Å². The predicted molar refractivity (Wildman–Crippen MR) is 17.6 cm³/mol. The van der Waals surface area contributed by atoms with Crippen molar-refractivity contribution < 1.29 is 49.5 Å². The van der Waals surface area contributed by atoms with Gasteiger partial charge in [-0.3, -0.25) is 9.11 Å². The van der Waals surface area contributed by atoms with Crippen LogP contribution < -0.4 is 0 Å². The second-order valence-electron chi connectivity index (χ2n) is 1.19. The molecule has 0 aliphatic heterocycles. The summed E-state index contributed by atoms with van der Waals surface area (Å²) in [6.45, 7) is 0. The van der Waals surface area contributed by atoms with Gasteiger partial charge in [-0.15, -0.1) is 0 Å². The van der Waals surface area contributed by atoms with Crippen molar-refractivity contribution >= 4 is 10.4 Å². The standard InChI is InChI=1S/Nb.H2O4S.5O/c;1-5(2,3)4;;;;;/h;(H2,1,2,3,4);;;;;. The molecule has 0 bridgehead atoms. The summed E-state index contributed by atoms with van der Waals surface area (Å²) in [4.78, 5) is 0. The van der Waals surface area contributed by atoms with Crippen LogP contribution in [0.5, 0.6) is 0 Å². The molecule has 11 heteroatoms. The van der Waals surface area contributed by atoms with Crippen LogP contribution in [-0.4, -0.2) is 17.5 Å². The number of hydrogen-bond acceptors (Lipinski definition) is 7. The summed E-state index contributed by atoms with van der Waals surface area (Å²) in [7, 11) is -4.67. The number of hydrogen-bond donors (Lipinski definition) is 2. The van der Waals surface area contributed by atoms with Gasteiger partial charge in [-0.1, -0.05) is 0 Å². The van der Waals surface area contributed by atoms with Crippen molar-refractivity contribution in [1.82, 2.24) is 0 Å². The zero-order valence-electron chi connectivity index (χ0n) is 4.61. The van der Waals surface area contributed by atoms with E-state index < -0.39 is 26.1 Å². The van der Waals surface area contributed by atoms with Crippen molar-refractivity contribution in [1.29, 1.82) is 0 Å². The van der Waals surface area contributed by atoms with Gasteiger partial charge in [0.25, 0.3) is 0 Å². The van der Waals surface area contributed by atoms with Crippen LogP contribution in [0, 0.1) is 0 Å². The van der Waals surface area contributed by atoms with Gasteiger partial charge in [0, 0.05) is 0 Å². The molecule has 0 aliphatic carbocycles. The first-order valence-corrected chi connectivity index (χ1v) is 7.50. The Labute approximate surface area is 60.2 Å². The van der Waals surface area contributed by atoms with Gasteiger partial charge in [-0.2, -0.15) is 8.42 Å². The summed E-state index contributed by atoms with van der Waals surface area (Å²) in [5.41, 5.74) is 0. The Kier molecular flexibility index (Phi) is 3.51.